The average molecular weight is 370 g/mol. The van der Waals surface area contributed by atoms with E-state index in [1.54, 1.807) is 12.1 Å². The van der Waals surface area contributed by atoms with E-state index in [2.05, 4.69) is 14.7 Å². The van der Waals surface area contributed by atoms with Crippen LogP contribution in [0.5, 0.6) is 17.6 Å². The van der Waals surface area contributed by atoms with Gasteiger partial charge in [0.05, 0.1) is 13.4 Å². The minimum absolute atomic E-state index is 0.0752. The third-order valence-electron chi connectivity index (χ3n) is 2.84. The Morgan fingerprint density at radius 1 is 1.27 bits per heavy atom. The molecule has 10 heteroatoms. The number of para-hydroxylation sites is 1. The molecule has 0 aliphatic carbocycles. The molecule has 26 heavy (non-hydrogen) atoms. The summed E-state index contributed by atoms with van der Waals surface area (Å²) in [5.74, 6) is -1.52. The zero-order valence-corrected chi connectivity index (χ0v) is 13.4. The SMILES string of the molecule is CO/C=C(/C(=O)O)c1ccccc1Oc1nccc(OCC(F)(F)F)n1. The van der Waals surface area contributed by atoms with Crippen molar-refractivity contribution in [1.29, 1.82) is 0 Å². The summed E-state index contributed by atoms with van der Waals surface area (Å²) in [6, 6.07) is 6.91. The van der Waals surface area contributed by atoms with E-state index in [0.717, 1.165) is 18.5 Å². The van der Waals surface area contributed by atoms with Gasteiger partial charge in [-0.25, -0.2) is 9.78 Å². The highest BCUT2D eigenvalue weighted by atomic mass is 19.4. The van der Waals surface area contributed by atoms with Crippen molar-refractivity contribution < 1.29 is 37.3 Å². The second-order valence-corrected chi connectivity index (χ2v) is 4.75. The second-order valence-electron chi connectivity index (χ2n) is 4.75. The fourth-order valence-electron chi connectivity index (χ4n) is 1.83. The largest absolute Gasteiger partial charge is 0.503 e. The number of hydrogen-bond acceptors (Lipinski definition) is 6. The van der Waals surface area contributed by atoms with E-state index in [1.807, 2.05) is 0 Å². The van der Waals surface area contributed by atoms with E-state index in [1.165, 1.54) is 19.2 Å². The normalized spacial score (nSPS) is 11.8. The fraction of sp³-hybridized carbons (Fsp3) is 0.188. The molecule has 0 aliphatic heterocycles. The summed E-state index contributed by atoms with van der Waals surface area (Å²) in [6.45, 7) is -1.51. The Morgan fingerprint density at radius 3 is 2.65 bits per heavy atom. The molecule has 0 atom stereocenters. The smallest absolute Gasteiger partial charge is 0.422 e. The monoisotopic (exact) mass is 370 g/mol. The lowest BCUT2D eigenvalue weighted by molar-refractivity contribution is -0.154. The number of carbonyl (C=O) groups is 1. The molecule has 0 saturated heterocycles. The van der Waals surface area contributed by atoms with Crippen molar-refractivity contribution in [1.82, 2.24) is 9.97 Å². The number of halogens is 3. The van der Waals surface area contributed by atoms with E-state index in [0.29, 0.717) is 0 Å². The van der Waals surface area contributed by atoms with Crippen molar-refractivity contribution >= 4 is 11.5 Å². The summed E-state index contributed by atoms with van der Waals surface area (Å²) in [4.78, 5) is 18.9. The first kappa shape index (κ1) is 19.0. The highest BCUT2D eigenvalue weighted by Crippen LogP contribution is 2.29. The molecule has 2 aromatic rings. The zero-order chi connectivity index (χ0) is 19.2. The Labute approximate surface area is 145 Å². The Bertz CT molecular complexity index is 808. The quantitative estimate of drug-likeness (QED) is 0.591. The molecule has 7 nitrogen and oxygen atoms in total. The molecular weight excluding hydrogens is 357 g/mol. The van der Waals surface area contributed by atoms with Crippen molar-refractivity contribution in [2.24, 2.45) is 0 Å². The van der Waals surface area contributed by atoms with Gasteiger partial charge < -0.3 is 19.3 Å². The number of carboxylic acid groups (broad SMARTS) is 1. The van der Waals surface area contributed by atoms with Gasteiger partial charge >= 0.3 is 18.2 Å². The van der Waals surface area contributed by atoms with Gasteiger partial charge in [0, 0.05) is 17.8 Å². The number of hydrogen-bond donors (Lipinski definition) is 1. The van der Waals surface area contributed by atoms with Crippen LogP contribution in [-0.4, -0.2) is 40.9 Å². The van der Waals surface area contributed by atoms with Gasteiger partial charge in [-0.05, 0) is 6.07 Å². The molecule has 0 unspecified atom stereocenters. The second kappa shape index (κ2) is 8.19. The van der Waals surface area contributed by atoms with Gasteiger partial charge in [-0.1, -0.05) is 18.2 Å². The minimum Gasteiger partial charge on any atom is -0.503 e. The number of aliphatic carboxylic acids is 1. The van der Waals surface area contributed by atoms with Crippen LogP contribution >= 0.6 is 0 Å². The van der Waals surface area contributed by atoms with E-state index < -0.39 is 18.8 Å². The molecule has 0 fully saturated rings. The molecule has 0 spiro atoms. The Hall–Kier alpha value is -3.30. The van der Waals surface area contributed by atoms with E-state index in [-0.39, 0.29) is 28.8 Å². The molecule has 0 bridgehead atoms. The van der Waals surface area contributed by atoms with Crippen LogP contribution in [0.2, 0.25) is 0 Å². The maximum atomic E-state index is 12.2. The number of methoxy groups -OCH3 is 1. The van der Waals surface area contributed by atoms with Crippen LogP contribution in [0, 0.1) is 0 Å². The molecule has 0 amide bonds. The summed E-state index contributed by atoms with van der Waals surface area (Å²) in [5.41, 5.74) is -0.0142. The number of alkyl halides is 3. The first-order valence-electron chi connectivity index (χ1n) is 7.06. The number of nitrogens with zero attached hydrogens (tertiary/aromatic N) is 2. The van der Waals surface area contributed by atoms with Crippen molar-refractivity contribution in [2.75, 3.05) is 13.7 Å². The number of ether oxygens (including phenoxy) is 3. The molecule has 138 valence electrons. The molecule has 0 radical (unpaired) electrons. The number of aromatic nitrogens is 2. The zero-order valence-electron chi connectivity index (χ0n) is 13.4. The van der Waals surface area contributed by atoms with Crippen molar-refractivity contribution in [3.8, 4) is 17.6 Å². The standard InChI is InChI=1S/C16H13F3N2O5/c1-24-8-11(14(22)23)10-4-2-3-5-12(10)26-15-20-7-6-13(21-15)25-9-16(17,18)19/h2-8H,9H2,1H3,(H,22,23)/b11-8+. The lowest BCUT2D eigenvalue weighted by Crippen LogP contribution is -2.19. The predicted octanol–water partition coefficient (Wildman–Crippen LogP) is 3.28. The van der Waals surface area contributed by atoms with E-state index >= 15 is 0 Å². The molecule has 0 aliphatic rings. The summed E-state index contributed by atoms with van der Waals surface area (Å²) < 4.78 is 51.3. The van der Waals surface area contributed by atoms with Crippen LogP contribution in [0.15, 0.2) is 42.8 Å². The minimum atomic E-state index is -4.51. The number of rotatable bonds is 7. The van der Waals surface area contributed by atoms with Crippen molar-refractivity contribution in [3.63, 3.8) is 0 Å². The first-order valence-corrected chi connectivity index (χ1v) is 7.06. The molecule has 1 N–H and O–H groups in total. The number of carboxylic acids is 1. The summed E-state index contributed by atoms with van der Waals surface area (Å²) in [6.07, 6.45) is -2.34. The molecule has 0 saturated carbocycles. The highest BCUT2D eigenvalue weighted by Gasteiger charge is 2.28. The summed E-state index contributed by atoms with van der Waals surface area (Å²) >= 11 is 0. The molecule has 1 aromatic heterocycles. The van der Waals surface area contributed by atoms with Crippen LogP contribution in [-0.2, 0) is 9.53 Å². The van der Waals surface area contributed by atoms with Crippen LogP contribution in [0.3, 0.4) is 0 Å². The van der Waals surface area contributed by atoms with Crippen LogP contribution in [0.25, 0.3) is 5.57 Å². The van der Waals surface area contributed by atoms with E-state index in [4.69, 9.17) is 9.47 Å². The Morgan fingerprint density at radius 2 is 2.00 bits per heavy atom. The van der Waals surface area contributed by atoms with Crippen LogP contribution in [0.4, 0.5) is 13.2 Å². The van der Waals surface area contributed by atoms with Crippen LogP contribution in [0.1, 0.15) is 5.56 Å². The topological polar surface area (TPSA) is 90.8 Å². The lowest BCUT2D eigenvalue weighted by Gasteiger charge is -2.11. The van der Waals surface area contributed by atoms with Gasteiger partial charge in [-0.2, -0.15) is 18.2 Å². The molecular formula is C16H13F3N2O5. The third-order valence-corrected chi connectivity index (χ3v) is 2.84. The lowest BCUT2D eigenvalue weighted by atomic mass is 10.1. The Kier molecular flexibility index (Phi) is 5.99. The first-order chi connectivity index (χ1) is 12.3. The third kappa shape index (κ3) is 5.36. The van der Waals surface area contributed by atoms with E-state index in [9.17, 15) is 23.1 Å². The highest BCUT2D eigenvalue weighted by molar-refractivity contribution is 6.15. The Balaban J connectivity index is 2.27. The maximum absolute atomic E-state index is 12.2. The maximum Gasteiger partial charge on any atom is 0.422 e. The summed E-state index contributed by atoms with van der Waals surface area (Å²) in [5, 5.41) is 9.28. The van der Waals surface area contributed by atoms with Gasteiger partial charge in [0.2, 0.25) is 5.88 Å². The average Bonchev–Trinajstić information content (AvgIpc) is 2.58. The number of benzene rings is 1. The van der Waals surface area contributed by atoms with Crippen molar-refractivity contribution in [3.05, 3.63) is 48.4 Å². The molecule has 1 heterocycles. The molecule has 1 aromatic carbocycles. The van der Waals surface area contributed by atoms with Gasteiger partial charge in [-0.3, -0.25) is 0 Å². The van der Waals surface area contributed by atoms with Gasteiger partial charge in [0.15, 0.2) is 6.61 Å². The van der Waals surface area contributed by atoms with Gasteiger partial charge in [-0.15, -0.1) is 0 Å². The van der Waals surface area contributed by atoms with Crippen LogP contribution < -0.4 is 9.47 Å². The predicted molar refractivity (Wildman–Crippen MR) is 82.7 cm³/mol. The van der Waals surface area contributed by atoms with Gasteiger partial charge in [0.1, 0.15) is 11.3 Å². The fourth-order valence-corrected chi connectivity index (χ4v) is 1.83. The van der Waals surface area contributed by atoms with Crippen molar-refractivity contribution in [2.45, 2.75) is 6.18 Å². The van der Waals surface area contributed by atoms with Gasteiger partial charge in [0.25, 0.3) is 0 Å². The summed E-state index contributed by atoms with van der Waals surface area (Å²) in [7, 11) is 1.29. The molecule has 2 rings (SSSR count).